The van der Waals surface area contributed by atoms with Crippen LogP contribution in [0.25, 0.3) is 0 Å². The van der Waals surface area contributed by atoms with Crippen molar-refractivity contribution in [3.63, 3.8) is 0 Å². The Balaban J connectivity index is 2.63. The molecule has 0 aliphatic carbocycles. The van der Waals surface area contributed by atoms with E-state index >= 15 is 0 Å². The Bertz CT molecular complexity index is 305. The maximum atomic E-state index is 10.2. The van der Waals surface area contributed by atoms with E-state index in [1.807, 2.05) is 12.1 Å². The Labute approximate surface area is 84.9 Å². The molecular weight excluding hydrogens is 176 g/mol. The number of benzene rings is 1. The van der Waals surface area contributed by atoms with Crippen LogP contribution in [-0.4, -0.2) is 13.4 Å². The molecule has 0 atom stereocenters. The van der Waals surface area contributed by atoms with Crippen LogP contribution in [0.5, 0.6) is 5.75 Å². The van der Waals surface area contributed by atoms with Crippen LogP contribution < -0.4 is 4.74 Å². The van der Waals surface area contributed by atoms with E-state index < -0.39 is 0 Å². The standard InChI is InChI=1S/C12H16O2/c1-10-9-12(14-2)7-6-11(10)5-3-4-8-13/h6-9H,3-5H2,1-2H3. The predicted octanol–water partition coefficient (Wildman–Crippen LogP) is 2.53. The maximum absolute atomic E-state index is 10.2. The van der Waals surface area contributed by atoms with Gasteiger partial charge in [0.25, 0.3) is 0 Å². The molecule has 0 saturated heterocycles. The highest BCUT2D eigenvalue weighted by molar-refractivity contribution is 5.49. The first-order valence-electron chi connectivity index (χ1n) is 4.85. The summed E-state index contributed by atoms with van der Waals surface area (Å²) in [6, 6.07) is 6.05. The third kappa shape index (κ3) is 2.87. The largest absolute Gasteiger partial charge is 0.497 e. The maximum Gasteiger partial charge on any atom is 0.120 e. The highest BCUT2D eigenvalue weighted by Crippen LogP contribution is 2.18. The molecule has 0 fully saturated rings. The molecule has 0 unspecified atom stereocenters. The molecule has 2 nitrogen and oxygen atoms in total. The van der Waals surface area contributed by atoms with E-state index in [0.29, 0.717) is 6.42 Å². The average Bonchev–Trinajstić information content (AvgIpc) is 2.20. The number of rotatable bonds is 5. The first-order valence-corrected chi connectivity index (χ1v) is 4.85. The average molecular weight is 192 g/mol. The number of ether oxygens (including phenoxy) is 1. The van der Waals surface area contributed by atoms with Crippen molar-refractivity contribution in [1.82, 2.24) is 0 Å². The Kier molecular flexibility index (Phi) is 4.17. The van der Waals surface area contributed by atoms with Gasteiger partial charge in [-0.1, -0.05) is 6.07 Å². The van der Waals surface area contributed by atoms with Gasteiger partial charge in [0, 0.05) is 6.42 Å². The van der Waals surface area contributed by atoms with Gasteiger partial charge in [-0.25, -0.2) is 0 Å². The van der Waals surface area contributed by atoms with E-state index in [9.17, 15) is 4.79 Å². The monoisotopic (exact) mass is 192 g/mol. The lowest BCUT2D eigenvalue weighted by Gasteiger charge is -2.06. The molecule has 0 aliphatic heterocycles. The Morgan fingerprint density at radius 3 is 2.79 bits per heavy atom. The summed E-state index contributed by atoms with van der Waals surface area (Å²) in [5, 5.41) is 0. The van der Waals surface area contributed by atoms with Crippen molar-refractivity contribution in [2.45, 2.75) is 26.2 Å². The molecule has 14 heavy (non-hydrogen) atoms. The van der Waals surface area contributed by atoms with Gasteiger partial charge in [0.15, 0.2) is 0 Å². The molecule has 0 spiro atoms. The Morgan fingerprint density at radius 2 is 2.21 bits per heavy atom. The van der Waals surface area contributed by atoms with Gasteiger partial charge in [-0.05, 0) is 43.0 Å². The molecule has 0 heterocycles. The molecule has 1 aromatic carbocycles. The van der Waals surface area contributed by atoms with E-state index in [1.54, 1.807) is 7.11 Å². The van der Waals surface area contributed by atoms with Crippen molar-refractivity contribution in [2.24, 2.45) is 0 Å². The zero-order valence-corrected chi connectivity index (χ0v) is 8.75. The van der Waals surface area contributed by atoms with Gasteiger partial charge in [-0.3, -0.25) is 0 Å². The van der Waals surface area contributed by atoms with E-state index in [1.165, 1.54) is 11.1 Å². The normalized spacial score (nSPS) is 9.86. The molecule has 1 aromatic rings. The van der Waals surface area contributed by atoms with Crippen molar-refractivity contribution < 1.29 is 9.53 Å². The molecule has 1 rings (SSSR count). The second-order valence-corrected chi connectivity index (χ2v) is 3.35. The number of hydrogen-bond donors (Lipinski definition) is 0. The Hall–Kier alpha value is -1.31. The van der Waals surface area contributed by atoms with E-state index in [4.69, 9.17) is 4.74 Å². The first kappa shape index (κ1) is 10.8. The number of methoxy groups -OCH3 is 1. The third-order valence-corrected chi connectivity index (χ3v) is 2.32. The van der Waals surface area contributed by atoms with Crippen molar-refractivity contribution in [3.8, 4) is 5.75 Å². The molecule has 0 radical (unpaired) electrons. The van der Waals surface area contributed by atoms with Crippen LogP contribution in [-0.2, 0) is 11.2 Å². The van der Waals surface area contributed by atoms with Crippen LogP contribution in [0.4, 0.5) is 0 Å². The lowest BCUT2D eigenvalue weighted by atomic mass is 10.0. The van der Waals surface area contributed by atoms with E-state index in [2.05, 4.69) is 13.0 Å². The SMILES string of the molecule is COc1ccc(CCCC=O)c(C)c1. The number of carbonyl (C=O) groups is 1. The summed E-state index contributed by atoms with van der Waals surface area (Å²) < 4.78 is 5.12. The molecule has 0 bridgehead atoms. The summed E-state index contributed by atoms with van der Waals surface area (Å²) in [4.78, 5) is 10.2. The summed E-state index contributed by atoms with van der Waals surface area (Å²) in [6.45, 7) is 2.07. The number of hydrogen-bond acceptors (Lipinski definition) is 2. The lowest BCUT2D eigenvalue weighted by Crippen LogP contribution is -1.92. The fraction of sp³-hybridized carbons (Fsp3) is 0.417. The van der Waals surface area contributed by atoms with Crippen LogP contribution in [0, 0.1) is 6.92 Å². The number of carbonyl (C=O) groups excluding carboxylic acids is 1. The van der Waals surface area contributed by atoms with Gasteiger partial charge in [0.2, 0.25) is 0 Å². The van der Waals surface area contributed by atoms with Crippen molar-refractivity contribution in [1.29, 1.82) is 0 Å². The van der Waals surface area contributed by atoms with Crippen molar-refractivity contribution in [3.05, 3.63) is 29.3 Å². The first-order chi connectivity index (χ1) is 6.77. The van der Waals surface area contributed by atoms with Crippen molar-refractivity contribution >= 4 is 6.29 Å². The summed E-state index contributed by atoms with van der Waals surface area (Å²) in [5.74, 6) is 0.890. The number of aryl methyl sites for hydroxylation is 2. The lowest BCUT2D eigenvalue weighted by molar-refractivity contribution is -0.107. The minimum atomic E-state index is 0.644. The van der Waals surface area contributed by atoms with Crippen LogP contribution in [0.1, 0.15) is 24.0 Å². The summed E-state index contributed by atoms with van der Waals surface area (Å²) in [5.41, 5.74) is 2.53. The van der Waals surface area contributed by atoms with Crippen LogP contribution >= 0.6 is 0 Å². The van der Waals surface area contributed by atoms with E-state index in [0.717, 1.165) is 24.9 Å². The van der Waals surface area contributed by atoms with Crippen LogP contribution in [0.15, 0.2) is 18.2 Å². The Morgan fingerprint density at radius 1 is 1.43 bits per heavy atom. The number of unbranched alkanes of at least 4 members (excludes halogenated alkanes) is 1. The van der Waals surface area contributed by atoms with Gasteiger partial charge < -0.3 is 9.53 Å². The minimum absolute atomic E-state index is 0.644. The van der Waals surface area contributed by atoms with Gasteiger partial charge in [-0.2, -0.15) is 0 Å². The van der Waals surface area contributed by atoms with Gasteiger partial charge >= 0.3 is 0 Å². The molecule has 76 valence electrons. The third-order valence-electron chi connectivity index (χ3n) is 2.32. The quantitative estimate of drug-likeness (QED) is 0.529. The fourth-order valence-electron chi connectivity index (χ4n) is 1.45. The highest BCUT2D eigenvalue weighted by Gasteiger charge is 1.99. The van der Waals surface area contributed by atoms with E-state index in [-0.39, 0.29) is 0 Å². The molecule has 0 aromatic heterocycles. The fourth-order valence-corrected chi connectivity index (χ4v) is 1.45. The molecule has 2 heteroatoms. The molecule has 0 amide bonds. The zero-order chi connectivity index (χ0) is 10.4. The number of aldehydes is 1. The zero-order valence-electron chi connectivity index (χ0n) is 8.75. The predicted molar refractivity (Wildman–Crippen MR) is 56.7 cm³/mol. The summed E-state index contributed by atoms with van der Waals surface area (Å²) in [7, 11) is 1.67. The topological polar surface area (TPSA) is 26.3 Å². The minimum Gasteiger partial charge on any atom is -0.497 e. The molecule has 0 N–H and O–H groups in total. The van der Waals surface area contributed by atoms with Gasteiger partial charge in [0.1, 0.15) is 12.0 Å². The van der Waals surface area contributed by atoms with Crippen LogP contribution in [0.2, 0.25) is 0 Å². The van der Waals surface area contributed by atoms with Crippen molar-refractivity contribution in [2.75, 3.05) is 7.11 Å². The highest BCUT2D eigenvalue weighted by atomic mass is 16.5. The smallest absolute Gasteiger partial charge is 0.120 e. The molecular formula is C12H16O2. The van der Waals surface area contributed by atoms with Gasteiger partial charge in [-0.15, -0.1) is 0 Å². The summed E-state index contributed by atoms with van der Waals surface area (Å²) in [6.07, 6.45) is 3.51. The van der Waals surface area contributed by atoms with Gasteiger partial charge in [0.05, 0.1) is 7.11 Å². The summed E-state index contributed by atoms with van der Waals surface area (Å²) >= 11 is 0. The second-order valence-electron chi connectivity index (χ2n) is 3.35. The second kappa shape index (κ2) is 5.43. The molecule has 0 aliphatic rings. The molecule has 0 saturated carbocycles. The van der Waals surface area contributed by atoms with Crippen LogP contribution in [0.3, 0.4) is 0 Å².